The molecule has 0 aliphatic carbocycles. The monoisotopic (exact) mass is 299 g/mol. The van der Waals surface area contributed by atoms with Crippen LogP contribution in [-0.4, -0.2) is 36.2 Å². The van der Waals surface area contributed by atoms with E-state index in [0.717, 1.165) is 24.2 Å². The summed E-state index contributed by atoms with van der Waals surface area (Å²) in [5.41, 5.74) is 7.14. The highest BCUT2D eigenvalue weighted by molar-refractivity contribution is 7.98. The lowest BCUT2D eigenvalue weighted by Gasteiger charge is -2.06. The summed E-state index contributed by atoms with van der Waals surface area (Å²) in [5, 5.41) is 0. The smallest absolute Gasteiger partial charge is 0.201 e. The Morgan fingerprint density at radius 1 is 1.42 bits per heavy atom. The molecule has 0 amide bonds. The first-order valence-corrected chi connectivity index (χ1v) is 9.17. The van der Waals surface area contributed by atoms with Crippen LogP contribution < -0.4 is 5.73 Å². The van der Waals surface area contributed by atoms with Gasteiger partial charge in [-0.2, -0.15) is 11.8 Å². The summed E-state index contributed by atoms with van der Waals surface area (Å²) in [6.45, 7) is 0.746. The lowest BCUT2D eigenvalue weighted by atomic mass is 10.3. The number of para-hydroxylation sites is 1. The van der Waals surface area contributed by atoms with E-state index in [1.54, 1.807) is 23.9 Å². The lowest BCUT2D eigenvalue weighted by Crippen LogP contribution is -2.04. The minimum absolute atomic E-state index is 0.236. The molecule has 0 atom stereocenters. The van der Waals surface area contributed by atoms with Gasteiger partial charge in [-0.3, -0.25) is 0 Å². The minimum atomic E-state index is -3.29. The first kappa shape index (κ1) is 14.2. The maximum Gasteiger partial charge on any atom is 0.201 e. The molecule has 104 valence electrons. The number of rotatable bonds is 5. The summed E-state index contributed by atoms with van der Waals surface area (Å²) in [7, 11) is -3.29. The van der Waals surface area contributed by atoms with Crippen LogP contribution in [0.5, 0.6) is 0 Å². The molecule has 1 aromatic carbocycles. The predicted octanol–water partition coefficient (Wildman–Crippen LogP) is 1.78. The van der Waals surface area contributed by atoms with Crippen LogP contribution in [0.15, 0.2) is 23.1 Å². The second kappa shape index (κ2) is 5.42. The molecule has 2 aromatic rings. The molecule has 1 heterocycles. The normalized spacial score (nSPS) is 12.1. The van der Waals surface area contributed by atoms with Crippen LogP contribution >= 0.6 is 11.8 Å². The van der Waals surface area contributed by atoms with Gasteiger partial charge in [-0.25, -0.2) is 13.4 Å². The number of benzene rings is 1. The van der Waals surface area contributed by atoms with Crippen molar-refractivity contribution in [2.75, 3.05) is 24.0 Å². The fourth-order valence-electron chi connectivity index (χ4n) is 2.04. The number of nitrogen functional groups attached to an aromatic ring is 1. The highest BCUT2D eigenvalue weighted by atomic mass is 32.2. The molecule has 2 N–H and O–H groups in total. The van der Waals surface area contributed by atoms with E-state index in [1.807, 2.05) is 10.6 Å². The van der Waals surface area contributed by atoms with Gasteiger partial charge in [-0.05, 0) is 30.6 Å². The number of imidazole rings is 1. The van der Waals surface area contributed by atoms with Gasteiger partial charge in [0.2, 0.25) is 5.95 Å². The van der Waals surface area contributed by atoms with E-state index in [-0.39, 0.29) is 4.90 Å². The molecule has 7 heteroatoms. The third-order valence-corrected chi connectivity index (χ3v) is 4.73. The Balaban J connectivity index is 2.53. The van der Waals surface area contributed by atoms with Crippen molar-refractivity contribution in [2.45, 2.75) is 17.9 Å². The van der Waals surface area contributed by atoms with Crippen LogP contribution in [0.2, 0.25) is 0 Å². The zero-order valence-electron chi connectivity index (χ0n) is 11.0. The quantitative estimate of drug-likeness (QED) is 0.851. The molecule has 5 nitrogen and oxygen atoms in total. The summed E-state index contributed by atoms with van der Waals surface area (Å²) in [6, 6.07) is 5.15. The number of aryl methyl sites for hydroxylation is 1. The molecule has 0 saturated heterocycles. The lowest BCUT2D eigenvalue weighted by molar-refractivity contribution is 0.602. The maximum absolute atomic E-state index is 11.7. The van der Waals surface area contributed by atoms with E-state index in [2.05, 4.69) is 11.2 Å². The number of hydrogen-bond acceptors (Lipinski definition) is 5. The summed E-state index contributed by atoms with van der Waals surface area (Å²) in [5.74, 6) is 1.40. The number of nitrogens with two attached hydrogens (primary N) is 1. The molecule has 1 aromatic heterocycles. The summed E-state index contributed by atoms with van der Waals surface area (Å²) >= 11 is 1.77. The largest absolute Gasteiger partial charge is 0.369 e. The van der Waals surface area contributed by atoms with Crippen LogP contribution in [-0.2, 0) is 16.4 Å². The molecule has 0 fully saturated rings. The van der Waals surface area contributed by atoms with E-state index >= 15 is 0 Å². The Labute approximate surface area is 117 Å². The van der Waals surface area contributed by atoms with Gasteiger partial charge in [0.05, 0.1) is 10.4 Å². The Bertz CT molecular complexity index is 692. The molecular formula is C12H17N3O2S2. The first-order valence-electron chi connectivity index (χ1n) is 5.89. The van der Waals surface area contributed by atoms with Gasteiger partial charge in [0, 0.05) is 12.8 Å². The number of sulfone groups is 1. The van der Waals surface area contributed by atoms with Gasteiger partial charge in [0.15, 0.2) is 9.84 Å². The molecule has 19 heavy (non-hydrogen) atoms. The molecule has 0 aliphatic rings. The number of aromatic nitrogens is 2. The van der Waals surface area contributed by atoms with Crippen molar-refractivity contribution >= 4 is 38.6 Å². The zero-order chi connectivity index (χ0) is 14.0. The number of anilines is 1. The molecule has 0 aliphatic heterocycles. The average Bonchev–Trinajstić information content (AvgIpc) is 2.64. The summed E-state index contributed by atoms with van der Waals surface area (Å²) in [6.07, 6.45) is 4.21. The van der Waals surface area contributed by atoms with Crippen molar-refractivity contribution < 1.29 is 8.42 Å². The number of hydrogen-bond donors (Lipinski definition) is 1. The third-order valence-electron chi connectivity index (χ3n) is 2.90. The number of thioether (sulfide) groups is 1. The van der Waals surface area contributed by atoms with E-state index in [9.17, 15) is 8.42 Å². The molecule has 0 radical (unpaired) electrons. The Morgan fingerprint density at radius 3 is 2.79 bits per heavy atom. The Hall–Kier alpha value is -1.21. The molecule has 0 unspecified atom stereocenters. The van der Waals surface area contributed by atoms with Crippen LogP contribution in [0.3, 0.4) is 0 Å². The highest BCUT2D eigenvalue weighted by Crippen LogP contribution is 2.25. The topological polar surface area (TPSA) is 78.0 Å². The third kappa shape index (κ3) is 2.87. The van der Waals surface area contributed by atoms with Crippen molar-refractivity contribution in [1.29, 1.82) is 0 Å². The number of nitrogens with zero attached hydrogens (tertiary/aromatic N) is 2. The van der Waals surface area contributed by atoms with Crippen LogP contribution in [0.4, 0.5) is 5.95 Å². The summed E-state index contributed by atoms with van der Waals surface area (Å²) < 4.78 is 25.3. The fraction of sp³-hybridized carbons (Fsp3) is 0.417. The van der Waals surface area contributed by atoms with E-state index in [1.165, 1.54) is 6.26 Å². The van der Waals surface area contributed by atoms with E-state index in [0.29, 0.717) is 11.5 Å². The van der Waals surface area contributed by atoms with Gasteiger partial charge in [0.1, 0.15) is 5.52 Å². The Kier molecular flexibility index (Phi) is 4.05. The first-order chi connectivity index (χ1) is 8.95. The van der Waals surface area contributed by atoms with Crippen molar-refractivity contribution in [3.63, 3.8) is 0 Å². The molecular weight excluding hydrogens is 282 g/mol. The molecule has 0 saturated carbocycles. The van der Waals surface area contributed by atoms with Crippen molar-refractivity contribution in [1.82, 2.24) is 9.55 Å². The van der Waals surface area contributed by atoms with Gasteiger partial charge < -0.3 is 10.3 Å². The SMILES string of the molecule is CSCCCn1c(N)nc2c(S(C)(=O)=O)cccc21. The number of fused-ring (bicyclic) bond motifs is 1. The van der Waals surface area contributed by atoms with Gasteiger partial charge in [-0.15, -0.1) is 0 Å². The average molecular weight is 299 g/mol. The second-order valence-electron chi connectivity index (χ2n) is 4.36. The van der Waals surface area contributed by atoms with Crippen LogP contribution in [0.25, 0.3) is 11.0 Å². The van der Waals surface area contributed by atoms with Gasteiger partial charge in [-0.1, -0.05) is 6.07 Å². The second-order valence-corrected chi connectivity index (χ2v) is 7.33. The molecule has 2 rings (SSSR count). The molecule has 0 bridgehead atoms. The van der Waals surface area contributed by atoms with Gasteiger partial charge >= 0.3 is 0 Å². The van der Waals surface area contributed by atoms with Crippen LogP contribution in [0, 0.1) is 0 Å². The van der Waals surface area contributed by atoms with E-state index < -0.39 is 9.84 Å². The fourth-order valence-corrected chi connectivity index (χ4v) is 3.29. The Morgan fingerprint density at radius 2 is 2.16 bits per heavy atom. The van der Waals surface area contributed by atoms with Crippen LogP contribution in [0.1, 0.15) is 6.42 Å². The van der Waals surface area contributed by atoms with Crippen molar-refractivity contribution in [2.24, 2.45) is 0 Å². The van der Waals surface area contributed by atoms with Gasteiger partial charge in [0.25, 0.3) is 0 Å². The standard InChI is InChI=1S/C12H17N3O2S2/c1-18-8-4-7-15-9-5-3-6-10(19(2,16)17)11(9)14-12(15)13/h3,5-6H,4,7-8H2,1-2H3,(H2,13,14). The maximum atomic E-state index is 11.7. The molecule has 0 spiro atoms. The minimum Gasteiger partial charge on any atom is -0.369 e. The van der Waals surface area contributed by atoms with E-state index in [4.69, 9.17) is 5.73 Å². The summed E-state index contributed by atoms with van der Waals surface area (Å²) in [4.78, 5) is 4.45. The van der Waals surface area contributed by atoms with Crippen molar-refractivity contribution in [3.8, 4) is 0 Å². The van der Waals surface area contributed by atoms with Crippen molar-refractivity contribution in [3.05, 3.63) is 18.2 Å². The zero-order valence-corrected chi connectivity index (χ0v) is 12.6. The highest BCUT2D eigenvalue weighted by Gasteiger charge is 2.17. The predicted molar refractivity (Wildman–Crippen MR) is 80.3 cm³/mol.